The van der Waals surface area contributed by atoms with Gasteiger partial charge in [-0.25, -0.2) is 4.79 Å². The first kappa shape index (κ1) is 16.8. The molecule has 2 aromatic heterocycles. The Morgan fingerprint density at radius 2 is 1.88 bits per heavy atom. The van der Waals surface area contributed by atoms with Crippen LogP contribution < -0.4 is 15.4 Å². The second kappa shape index (κ2) is 8.20. The molecule has 0 aliphatic rings. The number of anilines is 1. The van der Waals surface area contributed by atoms with E-state index in [2.05, 4.69) is 25.8 Å². The van der Waals surface area contributed by atoms with E-state index in [1.54, 1.807) is 12.4 Å². The molecule has 7 nitrogen and oxygen atoms in total. The highest BCUT2D eigenvalue weighted by atomic mass is 32.1. The number of benzene rings is 1. The van der Waals surface area contributed by atoms with Crippen LogP contribution in [0.15, 0.2) is 48.8 Å². The van der Waals surface area contributed by atoms with Gasteiger partial charge in [-0.3, -0.25) is 10.3 Å². The number of carbonyl (C=O) groups is 1. The molecule has 0 fully saturated rings. The minimum Gasteiger partial charge on any atom is -0.486 e. The van der Waals surface area contributed by atoms with Gasteiger partial charge in [0.25, 0.3) is 0 Å². The smallest absolute Gasteiger partial charge is 0.321 e. The maximum atomic E-state index is 11.9. The van der Waals surface area contributed by atoms with E-state index in [0.717, 1.165) is 11.3 Å². The summed E-state index contributed by atoms with van der Waals surface area (Å²) in [6, 6.07) is 11.1. The van der Waals surface area contributed by atoms with Crippen LogP contribution in [0.3, 0.4) is 0 Å². The maximum Gasteiger partial charge on any atom is 0.321 e. The van der Waals surface area contributed by atoms with Crippen molar-refractivity contribution >= 4 is 22.5 Å². The van der Waals surface area contributed by atoms with Gasteiger partial charge in [0, 0.05) is 18.9 Å². The molecule has 3 rings (SSSR count). The first-order chi connectivity index (χ1) is 12.2. The largest absolute Gasteiger partial charge is 0.486 e. The number of hydrogen-bond donors (Lipinski definition) is 2. The van der Waals surface area contributed by atoms with Crippen molar-refractivity contribution in [3.63, 3.8) is 0 Å². The highest BCUT2D eigenvalue weighted by Gasteiger charge is 2.08. The van der Waals surface area contributed by atoms with Crippen LogP contribution in [-0.4, -0.2) is 21.2 Å². The van der Waals surface area contributed by atoms with Crippen LogP contribution >= 0.6 is 11.3 Å². The number of rotatable bonds is 6. The Morgan fingerprint density at radius 3 is 2.64 bits per heavy atom. The number of urea groups is 1. The van der Waals surface area contributed by atoms with Gasteiger partial charge in [0.2, 0.25) is 5.13 Å². The summed E-state index contributed by atoms with van der Waals surface area (Å²) in [6.07, 6.45) is 3.36. The summed E-state index contributed by atoms with van der Waals surface area (Å²) < 4.78 is 5.64. The van der Waals surface area contributed by atoms with E-state index < -0.39 is 0 Å². The summed E-state index contributed by atoms with van der Waals surface area (Å²) in [5.41, 5.74) is 2.14. The molecule has 0 saturated carbocycles. The molecule has 3 aromatic rings. The number of amides is 2. The molecule has 2 amide bonds. The van der Waals surface area contributed by atoms with Crippen LogP contribution in [0.1, 0.15) is 16.1 Å². The number of nitrogens with zero attached hydrogens (tertiary/aromatic N) is 3. The number of pyridine rings is 1. The van der Waals surface area contributed by atoms with Crippen LogP contribution in [0.5, 0.6) is 5.75 Å². The van der Waals surface area contributed by atoms with Gasteiger partial charge in [-0.15, -0.1) is 10.2 Å². The van der Waals surface area contributed by atoms with Crippen LogP contribution in [0.2, 0.25) is 0 Å². The van der Waals surface area contributed by atoms with Crippen molar-refractivity contribution in [2.24, 2.45) is 0 Å². The average molecular weight is 355 g/mol. The fraction of sp³-hybridized carbons (Fsp3) is 0.176. The van der Waals surface area contributed by atoms with Crippen molar-refractivity contribution < 1.29 is 9.53 Å². The Morgan fingerprint density at radius 1 is 1.12 bits per heavy atom. The highest BCUT2D eigenvalue weighted by molar-refractivity contribution is 7.15. The van der Waals surface area contributed by atoms with Gasteiger partial charge in [0.15, 0.2) is 5.01 Å². The number of aryl methyl sites for hydroxylation is 1. The zero-order chi connectivity index (χ0) is 17.5. The van der Waals surface area contributed by atoms with E-state index >= 15 is 0 Å². The minimum atomic E-state index is -0.334. The van der Waals surface area contributed by atoms with Crippen molar-refractivity contribution in [1.82, 2.24) is 20.5 Å². The van der Waals surface area contributed by atoms with E-state index in [9.17, 15) is 4.79 Å². The Kier molecular flexibility index (Phi) is 5.53. The molecule has 0 spiro atoms. The highest BCUT2D eigenvalue weighted by Crippen LogP contribution is 2.18. The lowest BCUT2D eigenvalue weighted by atomic mass is 10.2. The monoisotopic (exact) mass is 355 g/mol. The fourth-order valence-corrected chi connectivity index (χ4v) is 2.61. The van der Waals surface area contributed by atoms with Gasteiger partial charge in [-0.1, -0.05) is 29.0 Å². The van der Waals surface area contributed by atoms with Gasteiger partial charge in [-0.2, -0.15) is 0 Å². The molecule has 0 aliphatic heterocycles. The first-order valence-corrected chi connectivity index (χ1v) is 8.46. The third kappa shape index (κ3) is 5.25. The van der Waals surface area contributed by atoms with Crippen molar-refractivity contribution in [3.8, 4) is 5.75 Å². The van der Waals surface area contributed by atoms with Gasteiger partial charge < -0.3 is 10.1 Å². The van der Waals surface area contributed by atoms with Gasteiger partial charge in [-0.05, 0) is 36.8 Å². The molecule has 0 aliphatic carbocycles. The summed E-state index contributed by atoms with van der Waals surface area (Å²) >= 11 is 1.28. The Hall–Kier alpha value is -3.00. The second-order valence-corrected chi connectivity index (χ2v) is 6.33. The molecule has 0 radical (unpaired) electrons. The third-order valence-electron chi connectivity index (χ3n) is 3.27. The molecule has 25 heavy (non-hydrogen) atoms. The lowest BCUT2D eigenvalue weighted by molar-refractivity contribution is 0.251. The molecule has 2 N–H and O–H groups in total. The molecule has 0 atom stereocenters. The molecule has 0 saturated heterocycles. The van der Waals surface area contributed by atoms with Crippen LogP contribution in [0.4, 0.5) is 9.93 Å². The predicted octanol–water partition coefficient (Wildman–Crippen LogP) is 3.14. The van der Waals surface area contributed by atoms with Crippen LogP contribution in [0.25, 0.3) is 0 Å². The summed E-state index contributed by atoms with van der Waals surface area (Å²) in [5, 5.41) is 14.5. The topological polar surface area (TPSA) is 89.0 Å². The molecule has 0 unspecified atom stereocenters. The standard InChI is InChI=1S/C17H17N5O2S/c1-12-2-4-14(5-3-12)24-11-15-21-22-17(25-15)20-16(23)19-10-13-6-8-18-9-7-13/h2-9H,10-11H2,1H3,(H2,19,20,22,23). The third-order valence-corrected chi connectivity index (χ3v) is 4.09. The van der Waals surface area contributed by atoms with E-state index in [1.165, 1.54) is 16.9 Å². The summed E-state index contributed by atoms with van der Waals surface area (Å²) in [4.78, 5) is 15.8. The number of carbonyl (C=O) groups excluding carboxylic acids is 1. The fourth-order valence-electron chi connectivity index (χ4n) is 1.97. The van der Waals surface area contributed by atoms with Crippen molar-refractivity contribution in [2.75, 3.05) is 5.32 Å². The van der Waals surface area contributed by atoms with Gasteiger partial charge in [0.05, 0.1) is 0 Å². The zero-order valence-electron chi connectivity index (χ0n) is 13.6. The maximum absolute atomic E-state index is 11.9. The van der Waals surface area contributed by atoms with Crippen LogP contribution in [0, 0.1) is 6.92 Å². The Labute approximate surface area is 149 Å². The molecule has 1 aromatic carbocycles. The van der Waals surface area contributed by atoms with E-state index in [4.69, 9.17) is 4.74 Å². The summed E-state index contributed by atoms with van der Waals surface area (Å²) in [5.74, 6) is 0.769. The Bertz CT molecular complexity index is 821. The van der Waals surface area contributed by atoms with Crippen molar-refractivity contribution in [3.05, 3.63) is 64.9 Å². The molecule has 0 bridgehead atoms. The Balaban J connectivity index is 1.46. The van der Waals surface area contributed by atoms with Crippen LogP contribution in [-0.2, 0) is 13.2 Å². The summed E-state index contributed by atoms with van der Waals surface area (Å²) in [6.45, 7) is 2.74. The van der Waals surface area contributed by atoms with Crippen molar-refractivity contribution in [1.29, 1.82) is 0 Å². The second-order valence-electron chi connectivity index (χ2n) is 5.27. The zero-order valence-corrected chi connectivity index (χ0v) is 14.4. The molecular weight excluding hydrogens is 338 g/mol. The van der Waals surface area contributed by atoms with Gasteiger partial charge >= 0.3 is 6.03 Å². The average Bonchev–Trinajstić information content (AvgIpc) is 3.08. The molecule has 128 valence electrons. The predicted molar refractivity (Wildman–Crippen MR) is 95.5 cm³/mol. The quantitative estimate of drug-likeness (QED) is 0.709. The molecular formula is C17H17N5O2S. The minimum absolute atomic E-state index is 0.307. The SMILES string of the molecule is Cc1ccc(OCc2nnc(NC(=O)NCc3ccncc3)s2)cc1. The number of nitrogens with one attached hydrogen (secondary N) is 2. The number of ether oxygens (including phenoxy) is 1. The molecule has 2 heterocycles. The lowest BCUT2D eigenvalue weighted by Crippen LogP contribution is -2.28. The van der Waals surface area contributed by atoms with Gasteiger partial charge in [0.1, 0.15) is 12.4 Å². The lowest BCUT2D eigenvalue weighted by Gasteiger charge is -2.04. The van der Waals surface area contributed by atoms with E-state index in [-0.39, 0.29) is 6.03 Å². The van der Waals surface area contributed by atoms with E-state index in [1.807, 2.05) is 43.3 Å². The number of hydrogen-bond acceptors (Lipinski definition) is 6. The van der Waals surface area contributed by atoms with E-state index in [0.29, 0.717) is 23.3 Å². The number of aromatic nitrogens is 3. The normalized spacial score (nSPS) is 10.3. The summed E-state index contributed by atoms with van der Waals surface area (Å²) in [7, 11) is 0. The molecule has 8 heteroatoms. The first-order valence-electron chi connectivity index (χ1n) is 7.64. The van der Waals surface area contributed by atoms with Crippen molar-refractivity contribution in [2.45, 2.75) is 20.1 Å².